The molecule has 4 aliphatic rings. The average molecular weight is 1490 g/mol. The van der Waals surface area contributed by atoms with Crippen LogP contribution in [0.5, 0.6) is 0 Å². The highest BCUT2D eigenvalue weighted by Gasteiger charge is 2.52. The summed E-state index contributed by atoms with van der Waals surface area (Å²) < 4.78 is 0. The van der Waals surface area contributed by atoms with Crippen LogP contribution in [-0.2, 0) is 16.2 Å². The van der Waals surface area contributed by atoms with Gasteiger partial charge in [0.15, 0.2) is 0 Å². The number of benzene rings is 18. The van der Waals surface area contributed by atoms with Gasteiger partial charge in [0.1, 0.15) is 0 Å². The highest BCUT2D eigenvalue weighted by atomic mass is 14.5. The van der Waals surface area contributed by atoms with Crippen molar-refractivity contribution in [2.75, 3.05) is 0 Å². The number of aryl methyl sites for hydroxylation is 7. The molecule has 0 fully saturated rings. The van der Waals surface area contributed by atoms with Gasteiger partial charge >= 0.3 is 0 Å². The standard InChI is InChI=1S/C26H18.C26H20.C16H16.2C13H12.2C11H10/c1-17-14-15-21-20-10-4-7-13-24(20)26(25(21)16-17)22-11-5-2-8-18(22)19-9-3-6-12-23(19)26;1-19-16-17-23-22-14-8-9-15-24(22)26(25(23)18-19,20-10-4-2-5-11-20)21-12-6-3-7-13-21;1-11-8-9-13-12-6-4-5-7-14(12)16(2,3)15(13)10-11;1-11-7-5-6-10-13(11)12-8-3-2-4-9-12;1-11-6-5-9-13(10-11)12-7-3-2-4-8-12;1-9-5-4-7-10-6-2-3-8-11(9)10;1-9-6-7-10-4-2-3-5-11(10)8-9/h2-16H,1H3;2-18H,1H3;4-10H,1-3H3;2*2-10H,1H3;2*2-8H,1H3. The van der Waals surface area contributed by atoms with E-state index in [1.807, 2.05) is 12.1 Å². The lowest BCUT2D eigenvalue weighted by atomic mass is 9.67. The number of fused-ring (bicyclic) bond motifs is 18. The van der Waals surface area contributed by atoms with Crippen molar-refractivity contribution in [3.63, 3.8) is 0 Å². The minimum atomic E-state index is -0.263. The molecule has 1 spiro atoms. The second-order valence-corrected chi connectivity index (χ2v) is 31.8. The lowest BCUT2D eigenvalue weighted by Gasteiger charge is -2.34. The van der Waals surface area contributed by atoms with Gasteiger partial charge in [-0.05, 0) is 204 Å². The molecule has 0 nitrogen and oxygen atoms in total. The number of rotatable bonds is 4. The first-order valence-electron chi connectivity index (χ1n) is 40.8. The zero-order chi connectivity index (χ0) is 79.8. The predicted octanol–water partition coefficient (Wildman–Crippen LogP) is 30.6. The fourth-order valence-electron chi connectivity index (χ4n) is 18.3. The summed E-state index contributed by atoms with van der Waals surface area (Å²) in [4.78, 5) is 0. The van der Waals surface area contributed by atoms with Crippen LogP contribution in [0.4, 0.5) is 0 Å². The normalized spacial score (nSPS) is 12.7. The molecule has 0 unspecified atom stereocenters. The maximum absolute atomic E-state index is 2.40. The first-order valence-corrected chi connectivity index (χ1v) is 40.8. The van der Waals surface area contributed by atoms with Gasteiger partial charge in [-0.3, -0.25) is 0 Å². The van der Waals surface area contributed by atoms with Crippen molar-refractivity contribution in [3.8, 4) is 66.8 Å². The van der Waals surface area contributed by atoms with E-state index >= 15 is 0 Å². The molecule has 0 amide bonds. The quantitative estimate of drug-likeness (QED) is 0.165. The van der Waals surface area contributed by atoms with Gasteiger partial charge < -0.3 is 0 Å². The molecule has 0 saturated carbocycles. The van der Waals surface area contributed by atoms with Crippen molar-refractivity contribution in [1.82, 2.24) is 0 Å². The number of hydrogen-bond donors (Lipinski definition) is 0. The summed E-state index contributed by atoms with van der Waals surface area (Å²) >= 11 is 0. The summed E-state index contributed by atoms with van der Waals surface area (Å²) in [6.07, 6.45) is 0. The third-order valence-electron chi connectivity index (χ3n) is 23.8. The van der Waals surface area contributed by atoms with Crippen molar-refractivity contribution in [2.24, 2.45) is 0 Å². The van der Waals surface area contributed by atoms with Gasteiger partial charge in [0, 0.05) is 5.41 Å². The minimum absolute atomic E-state index is 0.151. The molecule has 0 heterocycles. The van der Waals surface area contributed by atoms with Crippen LogP contribution >= 0.6 is 0 Å². The molecule has 0 saturated heterocycles. The van der Waals surface area contributed by atoms with Crippen LogP contribution in [0, 0.1) is 48.5 Å². The third kappa shape index (κ3) is 14.9. The summed E-state index contributed by atoms with van der Waals surface area (Å²) in [5.74, 6) is 0. The first-order chi connectivity index (χ1) is 56.7. The van der Waals surface area contributed by atoms with E-state index in [-0.39, 0.29) is 16.2 Å². The smallest absolute Gasteiger partial charge is 0.0622 e. The molecule has 0 radical (unpaired) electrons. The number of hydrogen-bond acceptors (Lipinski definition) is 0. The van der Waals surface area contributed by atoms with E-state index < -0.39 is 0 Å². The summed E-state index contributed by atoms with van der Waals surface area (Å²) in [7, 11) is 0. The van der Waals surface area contributed by atoms with Crippen molar-refractivity contribution >= 4 is 21.5 Å². The van der Waals surface area contributed by atoms with Crippen LogP contribution in [0.2, 0.25) is 0 Å². The van der Waals surface area contributed by atoms with Crippen molar-refractivity contribution in [2.45, 2.75) is 78.6 Å². The molecule has 116 heavy (non-hydrogen) atoms. The van der Waals surface area contributed by atoms with Gasteiger partial charge in [0.25, 0.3) is 0 Å². The Morgan fingerprint density at radius 1 is 0.164 bits per heavy atom. The van der Waals surface area contributed by atoms with Crippen molar-refractivity contribution < 1.29 is 0 Å². The van der Waals surface area contributed by atoms with E-state index in [0.717, 1.165) is 0 Å². The SMILES string of the molecule is Cc1ccc2c(c1)C(C)(C)c1ccccc1-2.Cc1ccc2c(c1)C(c1ccccc1)(c1ccccc1)c1ccccc1-2.Cc1ccc2c(c1)C1(c3ccccc3-c3ccccc31)c1ccccc1-2.Cc1ccc2ccccc2c1.Cc1cccc(-c2ccccc2)c1.Cc1cccc2ccccc12.Cc1ccccc1-c1ccccc1. The van der Waals surface area contributed by atoms with E-state index in [4.69, 9.17) is 0 Å². The molecule has 0 aliphatic heterocycles. The molecule has 4 aliphatic carbocycles. The van der Waals surface area contributed by atoms with Crippen LogP contribution in [0.3, 0.4) is 0 Å². The van der Waals surface area contributed by atoms with Crippen LogP contribution < -0.4 is 0 Å². The van der Waals surface area contributed by atoms with Gasteiger partial charge in [-0.2, -0.15) is 0 Å². The molecule has 18 aromatic rings. The Balaban J connectivity index is 0.000000105. The molecular weight excluding hydrogens is 1390 g/mol. The maximum atomic E-state index is 2.40. The lowest BCUT2D eigenvalue weighted by Crippen LogP contribution is -2.28. The van der Waals surface area contributed by atoms with E-state index in [1.165, 1.54) is 183 Å². The van der Waals surface area contributed by atoms with Gasteiger partial charge in [-0.1, -0.05) is 472 Å². The Bertz CT molecular complexity index is 6280. The topological polar surface area (TPSA) is 0 Å². The minimum Gasteiger partial charge on any atom is -0.0622 e. The fourth-order valence-corrected chi connectivity index (χ4v) is 18.3. The monoisotopic (exact) mass is 1490 g/mol. The summed E-state index contributed by atoms with van der Waals surface area (Å²) in [5, 5.41) is 5.33. The zero-order valence-electron chi connectivity index (χ0n) is 68.0. The Morgan fingerprint density at radius 3 is 0.983 bits per heavy atom. The van der Waals surface area contributed by atoms with E-state index in [9.17, 15) is 0 Å². The molecule has 562 valence electrons. The molecule has 0 heteroatoms. The molecule has 0 aromatic heterocycles. The van der Waals surface area contributed by atoms with Crippen LogP contribution in [0.1, 0.15) is 108 Å². The molecule has 22 rings (SSSR count). The van der Waals surface area contributed by atoms with E-state index in [2.05, 4.69) is 481 Å². The molecule has 18 aromatic carbocycles. The third-order valence-corrected chi connectivity index (χ3v) is 23.8. The van der Waals surface area contributed by atoms with E-state index in [0.29, 0.717) is 0 Å². The van der Waals surface area contributed by atoms with E-state index in [1.54, 1.807) is 0 Å². The van der Waals surface area contributed by atoms with Crippen molar-refractivity contribution in [3.05, 3.63) is 525 Å². The van der Waals surface area contributed by atoms with Gasteiger partial charge in [0.2, 0.25) is 0 Å². The molecule has 0 N–H and O–H groups in total. The second kappa shape index (κ2) is 33.7. The molecular formula is C116H98. The second-order valence-electron chi connectivity index (χ2n) is 31.8. The van der Waals surface area contributed by atoms with Crippen LogP contribution in [0.15, 0.2) is 431 Å². The lowest BCUT2D eigenvalue weighted by molar-refractivity contribution is 0.660. The van der Waals surface area contributed by atoms with Gasteiger partial charge in [-0.25, -0.2) is 0 Å². The summed E-state index contributed by atoms with van der Waals surface area (Å²) in [6.45, 7) is 19.7. The van der Waals surface area contributed by atoms with Gasteiger partial charge in [0.05, 0.1) is 10.8 Å². The van der Waals surface area contributed by atoms with Gasteiger partial charge in [-0.15, -0.1) is 0 Å². The average Bonchev–Trinajstić information content (AvgIpc) is 1.51. The van der Waals surface area contributed by atoms with Crippen LogP contribution in [-0.4, -0.2) is 0 Å². The Hall–Kier alpha value is -13.5. The van der Waals surface area contributed by atoms with Crippen molar-refractivity contribution in [1.29, 1.82) is 0 Å². The predicted molar refractivity (Wildman–Crippen MR) is 495 cm³/mol. The highest BCUT2D eigenvalue weighted by Crippen LogP contribution is 2.63. The highest BCUT2D eigenvalue weighted by molar-refractivity contribution is 5.96. The molecule has 0 atom stereocenters. The van der Waals surface area contributed by atoms with Crippen LogP contribution in [0.25, 0.3) is 88.3 Å². The summed E-state index contributed by atoms with van der Waals surface area (Å²) in [6, 6.07) is 155. The largest absolute Gasteiger partial charge is 0.0725 e. The summed E-state index contributed by atoms with van der Waals surface area (Å²) in [5.41, 5.74) is 39.1. The molecule has 0 bridgehead atoms. The Morgan fingerprint density at radius 2 is 0.483 bits per heavy atom. The first kappa shape index (κ1) is 76.5. The Labute approximate surface area is 687 Å². The maximum Gasteiger partial charge on any atom is 0.0725 e. The zero-order valence-corrected chi connectivity index (χ0v) is 68.0. The fraction of sp³-hybridized carbons (Fsp3) is 0.103. The Kier molecular flexibility index (Phi) is 22.2.